The summed E-state index contributed by atoms with van der Waals surface area (Å²) < 4.78 is 0. The molecule has 0 aromatic carbocycles. The van der Waals surface area contributed by atoms with E-state index in [1.807, 2.05) is 0 Å². The van der Waals surface area contributed by atoms with Crippen LogP contribution in [0, 0.1) is 23.7 Å². The Bertz CT molecular complexity index is 345. The third kappa shape index (κ3) is 2.54. The highest BCUT2D eigenvalue weighted by Gasteiger charge is 2.55. The number of fused-ring (bicyclic) bond motifs is 1. The van der Waals surface area contributed by atoms with E-state index in [-0.39, 0.29) is 5.54 Å². The molecule has 3 fully saturated rings. The van der Waals surface area contributed by atoms with Crippen molar-refractivity contribution in [2.45, 2.75) is 63.8 Å². The highest BCUT2D eigenvalue weighted by molar-refractivity contribution is 5.83. The van der Waals surface area contributed by atoms with E-state index in [0.29, 0.717) is 36.1 Å². The van der Waals surface area contributed by atoms with Gasteiger partial charge in [0.25, 0.3) is 0 Å². The zero-order valence-electron chi connectivity index (χ0n) is 12.2. The minimum absolute atomic E-state index is 0.0967. The Balaban J connectivity index is 1.61. The first-order valence-corrected chi connectivity index (χ1v) is 8.17. The number of hydrogen-bond acceptors (Lipinski definition) is 2. The normalized spacial score (nSPS) is 45.4. The van der Waals surface area contributed by atoms with Gasteiger partial charge in [-0.25, -0.2) is 0 Å². The van der Waals surface area contributed by atoms with Crippen molar-refractivity contribution in [3.8, 4) is 0 Å². The maximum atomic E-state index is 12.5. The molecule has 19 heavy (non-hydrogen) atoms. The summed E-state index contributed by atoms with van der Waals surface area (Å²) in [4.78, 5) is 12.5. The van der Waals surface area contributed by atoms with E-state index in [0.717, 1.165) is 12.8 Å². The molecule has 0 saturated heterocycles. The van der Waals surface area contributed by atoms with Crippen molar-refractivity contribution < 1.29 is 4.79 Å². The van der Waals surface area contributed by atoms with Gasteiger partial charge in [-0.2, -0.15) is 0 Å². The van der Waals surface area contributed by atoms with Crippen molar-refractivity contribution in [1.29, 1.82) is 0 Å². The average Bonchev–Trinajstić information content (AvgIpc) is 3.13. The van der Waals surface area contributed by atoms with E-state index in [1.54, 1.807) is 0 Å². The van der Waals surface area contributed by atoms with Gasteiger partial charge >= 0.3 is 0 Å². The molecular weight excluding hydrogens is 236 g/mol. The lowest BCUT2D eigenvalue weighted by atomic mass is 9.76. The maximum Gasteiger partial charge on any atom is 0.224 e. The van der Waals surface area contributed by atoms with E-state index in [4.69, 9.17) is 5.73 Å². The summed E-state index contributed by atoms with van der Waals surface area (Å²) in [6.45, 7) is 2.89. The lowest BCUT2D eigenvalue weighted by Crippen LogP contribution is -2.56. The van der Waals surface area contributed by atoms with Crippen LogP contribution in [0.3, 0.4) is 0 Å². The second kappa shape index (κ2) is 5.08. The number of carbonyl (C=O) groups is 1. The number of hydrogen-bond donors (Lipinski definition) is 2. The molecule has 0 aliphatic heterocycles. The first-order valence-electron chi connectivity index (χ1n) is 8.17. The van der Waals surface area contributed by atoms with Gasteiger partial charge in [0.05, 0.1) is 5.54 Å². The smallest absolute Gasteiger partial charge is 0.224 e. The van der Waals surface area contributed by atoms with Crippen LogP contribution >= 0.6 is 0 Å². The van der Waals surface area contributed by atoms with Crippen LogP contribution in [0.25, 0.3) is 0 Å². The molecule has 0 bridgehead atoms. The quantitative estimate of drug-likeness (QED) is 0.822. The Morgan fingerprint density at radius 1 is 1.21 bits per heavy atom. The van der Waals surface area contributed by atoms with E-state index in [2.05, 4.69) is 12.2 Å². The average molecular weight is 264 g/mol. The molecule has 3 heteroatoms. The van der Waals surface area contributed by atoms with Crippen LogP contribution in [0.4, 0.5) is 0 Å². The highest BCUT2D eigenvalue weighted by Crippen LogP contribution is 2.55. The molecule has 0 aromatic heterocycles. The van der Waals surface area contributed by atoms with Crippen molar-refractivity contribution in [2.24, 2.45) is 29.4 Å². The third-order valence-electron chi connectivity index (χ3n) is 5.83. The molecule has 3 saturated carbocycles. The highest BCUT2D eigenvalue weighted by atomic mass is 16.2. The van der Waals surface area contributed by atoms with Crippen molar-refractivity contribution in [3.63, 3.8) is 0 Å². The monoisotopic (exact) mass is 264 g/mol. The second-order valence-corrected chi connectivity index (χ2v) is 7.31. The molecule has 3 aliphatic carbocycles. The van der Waals surface area contributed by atoms with Crippen LogP contribution in [0.15, 0.2) is 0 Å². The van der Waals surface area contributed by atoms with E-state index < -0.39 is 0 Å². The van der Waals surface area contributed by atoms with Gasteiger partial charge in [-0.1, -0.05) is 32.6 Å². The first kappa shape index (κ1) is 13.4. The molecule has 3 N–H and O–H groups in total. The largest absolute Gasteiger partial charge is 0.349 e. The van der Waals surface area contributed by atoms with Gasteiger partial charge in [0.2, 0.25) is 5.91 Å². The minimum atomic E-state index is -0.0967. The third-order valence-corrected chi connectivity index (χ3v) is 5.83. The summed E-state index contributed by atoms with van der Waals surface area (Å²) in [6.07, 6.45) is 9.82. The van der Waals surface area contributed by atoms with Gasteiger partial charge in [-0.3, -0.25) is 4.79 Å². The summed E-state index contributed by atoms with van der Waals surface area (Å²) in [5.41, 5.74) is 5.90. The van der Waals surface area contributed by atoms with Crippen LogP contribution in [0.5, 0.6) is 0 Å². The predicted molar refractivity (Wildman–Crippen MR) is 76.5 cm³/mol. The summed E-state index contributed by atoms with van der Waals surface area (Å²) in [7, 11) is 0. The fourth-order valence-electron chi connectivity index (χ4n) is 4.74. The van der Waals surface area contributed by atoms with Gasteiger partial charge < -0.3 is 11.1 Å². The minimum Gasteiger partial charge on any atom is -0.349 e. The Labute approximate surface area is 116 Å². The number of carbonyl (C=O) groups excluding carboxylic acids is 1. The lowest BCUT2D eigenvalue weighted by Gasteiger charge is -2.40. The van der Waals surface area contributed by atoms with Crippen LogP contribution in [0.1, 0.15) is 58.3 Å². The molecule has 4 unspecified atom stereocenters. The van der Waals surface area contributed by atoms with Crippen LogP contribution in [-0.4, -0.2) is 18.0 Å². The Morgan fingerprint density at radius 2 is 1.89 bits per heavy atom. The van der Waals surface area contributed by atoms with Crippen molar-refractivity contribution in [2.75, 3.05) is 6.54 Å². The van der Waals surface area contributed by atoms with Gasteiger partial charge in [-0.05, 0) is 43.4 Å². The van der Waals surface area contributed by atoms with Crippen LogP contribution in [-0.2, 0) is 4.79 Å². The number of amides is 1. The van der Waals surface area contributed by atoms with Crippen molar-refractivity contribution >= 4 is 5.91 Å². The molecule has 0 aromatic rings. The van der Waals surface area contributed by atoms with E-state index in [9.17, 15) is 4.79 Å². The molecule has 0 spiro atoms. The molecule has 108 valence electrons. The lowest BCUT2D eigenvalue weighted by molar-refractivity contribution is -0.125. The summed E-state index contributed by atoms with van der Waals surface area (Å²) in [5, 5.41) is 3.37. The summed E-state index contributed by atoms with van der Waals surface area (Å²) >= 11 is 0. The molecule has 4 atom stereocenters. The van der Waals surface area contributed by atoms with Crippen LogP contribution in [0.2, 0.25) is 0 Å². The molecule has 3 aliphatic rings. The SMILES string of the molecule is CC1CCCC(CN)(NC(=O)C2C3CCCCC32)C1. The fraction of sp³-hybridized carbons (Fsp3) is 0.938. The van der Waals surface area contributed by atoms with Gasteiger partial charge in [0, 0.05) is 12.5 Å². The van der Waals surface area contributed by atoms with Crippen molar-refractivity contribution in [1.82, 2.24) is 5.32 Å². The second-order valence-electron chi connectivity index (χ2n) is 7.31. The molecule has 1 amide bonds. The van der Waals surface area contributed by atoms with Crippen LogP contribution < -0.4 is 11.1 Å². The topological polar surface area (TPSA) is 55.1 Å². The summed E-state index contributed by atoms with van der Waals surface area (Å²) in [6, 6.07) is 0. The van der Waals surface area contributed by atoms with E-state index in [1.165, 1.54) is 38.5 Å². The molecule has 0 heterocycles. The Kier molecular flexibility index (Phi) is 3.59. The number of nitrogens with two attached hydrogens (primary N) is 1. The molecule has 3 nitrogen and oxygen atoms in total. The number of rotatable bonds is 3. The van der Waals surface area contributed by atoms with Gasteiger partial charge in [0.15, 0.2) is 0 Å². The fourth-order valence-corrected chi connectivity index (χ4v) is 4.74. The number of nitrogens with one attached hydrogen (secondary N) is 1. The standard InChI is InChI=1S/C16H28N2O/c1-11-5-4-8-16(9-11,10-17)18-15(19)14-12-6-2-3-7-13(12)14/h11-14H,2-10,17H2,1H3,(H,18,19). The zero-order chi connectivity index (χ0) is 13.5. The first-order chi connectivity index (χ1) is 9.15. The van der Waals surface area contributed by atoms with Gasteiger partial charge in [-0.15, -0.1) is 0 Å². The molecular formula is C16H28N2O. The van der Waals surface area contributed by atoms with Gasteiger partial charge in [0.1, 0.15) is 0 Å². The van der Waals surface area contributed by atoms with Crippen molar-refractivity contribution in [3.05, 3.63) is 0 Å². The van der Waals surface area contributed by atoms with E-state index >= 15 is 0 Å². The molecule has 3 rings (SSSR count). The zero-order valence-corrected chi connectivity index (χ0v) is 12.2. The maximum absolute atomic E-state index is 12.5. The Morgan fingerprint density at radius 3 is 2.47 bits per heavy atom. The predicted octanol–water partition coefficient (Wildman–Crippen LogP) is 2.45. The summed E-state index contributed by atoms with van der Waals surface area (Å²) in [5.74, 6) is 2.73. The molecule has 0 radical (unpaired) electrons. The Hall–Kier alpha value is -0.570.